The third-order valence-electron chi connectivity index (χ3n) is 4.07. The van der Waals surface area contributed by atoms with Gasteiger partial charge in [-0.25, -0.2) is 9.94 Å². The van der Waals surface area contributed by atoms with Crippen molar-refractivity contribution in [2.75, 3.05) is 11.5 Å². The lowest BCUT2D eigenvalue weighted by atomic mass is 9.91. The summed E-state index contributed by atoms with van der Waals surface area (Å²) < 4.78 is 39.5. The van der Waals surface area contributed by atoms with E-state index in [1.807, 2.05) is 27.7 Å². The number of nitrogen functional groups attached to an aromatic ring is 1. The van der Waals surface area contributed by atoms with Crippen LogP contribution in [0.2, 0.25) is 0 Å². The van der Waals surface area contributed by atoms with Crippen LogP contribution < -0.4 is 5.73 Å². The molecule has 34 heavy (non-hydrogen) atoms. The minimum absolute atomic E-state index is 0.0733. The average molecular weight is 548 g/mol. The third kappa shape index (κ3) is 6.30. The Hall–Kier alpha value is -2.12. The predicted molar refractivity (Wildman–Crippen MR) is 128 cm³/mol. The summed E-state index contributed by atoms with van der Waals surface area (Å²) in [6, 6.07) is 3.76. The van der Waals surface area contributed by atoms with Gasteiger partial charge in [-0.2, -0.15) is 13.5 Å². The number of benzene rings is 1. The van der Waals surface area contributed by atoms with Gasteiger partial charge in [-0.05, 0) is 24.0 Å². The van der Waals surface area contributed by atoms with Gasteiger partial charge < -0.3 is 5.73 Å². The van der Waals surface area contributed by atoms with Crippen molar-refractivity contribution in [2.24, 2.45) is 10.2 Å². The summed E-state index contributed by atoms with van der Waals surface area (Å²) in [7, 11) is -4.59. The van der Waals surface area contributed by atoms with E-state index < -0.39 is 20.4 Å². The highest BCUT2D eigenvalue weighted by atomic mass is 32.2. The van der Waals surface area contributed by atoms with Crippen LogP contribution in [0.5, 0.6) is 0 Å². The Morgan fingerprint density at radius 1 is 1.24 bits per heavy atom. The molecular formula is C17H21N7O6S4. The Morgan fingerprint density at radius 2 is 1.97 bits per heavy atom. The van der Waals surface area contributed by atoms with Crippen molar-refractivity contribution < 1.29 is 27.6 Å². The van der Waals surface area contributed by atoms with E-state index in [-0.39, 0.29) is 22.1 Å². The standard InChI is InChI=1S/C17H21N7O6S4/c1-5-31-16-22-21-15(32-16)20-19-12-13(17(2,3)4)23-24(14(12)18)9-6-10(33-30-29-25)8-11(7-9)34(26,27)28/h6-8,25H,5,18H2,1-4H3,(H,26,27,28). The van der Waals surface area contributed by atoms with Crippen LogP contribution in [0.25, 0.3) is 5.69 Å². The fourth-order valence-electron chi connectivity index (χ4n) is 2.67. The Bertz CT molecular complexity index is 1300. The summed E-state index contributed by atoms with van der Waals surface area (Å²) in [5.74, 6) is 0.919. The Kier molecular flexibility index (Phi) is 8.30. The van der Waals surface area contributed by atoms with E-state index in [1.165, 1.54) is 39.9 Å². The van der Waals surface area contributed by atoms with E-state index in [0.29, 0.717) is 22.9 Å². The molecule has 1 aromatic carbocycles. The van der Waals surface area contributed by atoms with E-state index in [1.54, 1.807) is 0 Å². The summed E-state index contributed by atoms with van der Waals surface area (Å²) in [5.41, 5.74) is 6.79. The molecule has 0 radical (unpaired) electrons. The summed E-state index contributed by atoms with van der Waals surface area (Å²) >= 11 is 3.33. The lowest BCUT2D eigenvalue weighted by Crippen LogP contribution is -2.13. The fraction of sp³-hybridized carbons (Fsp3) is 0.353. The zero-order chi connectivity index (χ0) is 25.1. The second kappa shape index (κ2) is 10.6. The maximum absolute atomic E-state index is 11.8. The Morgan fingerprint density at radius 3 is 2.59 bits per heavy atom. The number of thioether (sulfide) groups is 1. The quantitative estimate of drug-likeness (QED) is 0.0829. The van der Waals surface area contributed by atoms with Crippen LogP contribution in [0.15, 0.2) is 42.6 Å². The van der Waals surface area contributed by atoms with Gasteiger partial charge in [-0.15, -0.1) is 24.8 Å². The van der Waals surface area contributed by atoms with Crippen LogP contribution >= 0.6 is 35.1 Å². The molecule has 184 valence electrons. The second-order valence-electron chi connectivity index (χ2n) is 7.59. The lowest BCUT2D eigenvalue weighted by molar-refractivity contribution is -0.432. The number of aromatic nitrogens is 4. The molecule has 0 bridgehead atoms. The van der Waals surface area contributed by atoms with Gasteiger partial charge in [0.2, 0.25) is 0 Å². The van der Waals surface area contributed by atoms with Crippen LogP contribution in [-0.4, -0.2) is 44.0 Å². The van der Waals surface area contributed by atoms with E-state index in [4.69, 9.17) is 11.0 Å². The second-order valence-corrected chi connectivity index (χ2v) is 12.3. The molecule has 3 aromatic rings. The number of hydrogen-bond acceptors (Lipinski definition) is 14. The maximum atomic E-state index is 11.8. The molecule has 0 spiro atoms. The van der Waals surface area contributed by atoms with Crippen molar-refractivity contribution in [1.29, 1.82) is 0 Å². The normalized spacial score (nSPS) is 12.6. The third-order valence-corrected chi connectivity index (χ3v) is 7.28. The number of anilines is 1. The predicted octanol–water partition coefficient (Wildman–Crippen LogP) is 4.81. The number of rotatable bonds is 9. The SMILES string of the molecule is CCSc1nnc(N=Nc2c(C(C)(C)C)nn(-c3cc(SOOO)cc(S(=O)(=O)O)c3)c2N)s1. The molecule has 17 heteroatoms. The molecule has 0 saturated heterocycles. The van der Waals surface area contributed by atoms with E-state index in [9.17, 15) is 13.0 Å². The number of nitrogens with two attached hydrogens (primary N) is 1. The van der Waals surface area contributed by atoms with Crippen LogP contribution in [0.3, 0.4) is 0 Å². The topological polar surface area (TPSA) is 187 Å². The highest BCUT2D eigenvalue weighted by Crippen LogP contribution is 2.39. The summed E-state index contributed by atoms with van der Waals surface area (Å²) in [6.07, 6.45) is 0. The average Bonchev–Trinajstić information content (AvgIpc) is 3.34. The summed E-state index contributed by atoms with van der Waals surface area (Å²) in [6.45, 7) is 7.71. The molecule has 0 saturated carbocycles. The first-order valence-electron chi connectivity index (χ1n) is 9.48. The molecule has 2 aromatic heterocycles. The monoisotopic (exact) mass is 547 g/mol. The van der Waals surface area contributed by atoms with Crippen LogP contribution in [0.4, 0.5) is 16.6 Å². The Labute approximate surface area is 207 Å². The maximum Gasteiger partial charge on any atom is 0.294 e. The number of nitrogens with zero attached hydrogens (tertiary/aromatic N) is 6. The molecule has 0 amide bonds. The molecule has 0 atom stereocenters. The van der Waals surface area contributed by atoms with Gasteiger partial charge in [-0.3, -0.25) is 4.55 Å². The van der Waals surface area contributed by atoms with E-state index in [2.05, 4.69) is 34.9 Å². The molecule has 0 aliphatic rings. The van der Waals surface area contributed by atoms with Gasteiger partial charge in [0.15, 0.2) is 15.8 Å². The van der Waals surface area contributed by atoms with Crippen LogP contribution in [0.1, 0.15) is 33.4 Å². The van der Waals surface area contributed by atoms with Crippen molar-refractivity contribution in [3.05, 3.63) is 23.9 Å². The first-order chi connectivity index (χ1) is 15.9. The molecular weight excluding hydrogens is 526 g/mol. The minimum Gasteiger partial charge on any atom is -0.382 e. The van der Waals surface area contributed by atoms with Gasteiger partial charge in [-0.1, -0.05) is 55.8 Å². The van der Waals surface area contributed by atoms with E-state index in [0.717, 1.165) is 16.2 Å². The lowest BCUT2D eigenvalue weighted by Gasteiger charge is -2.15. The smallest absolute Gasteiger partial charge is 0.294 e. The number of hydrogen-bond donors (Lipinski definition) is 3. The fourth-order valence-corrected chi connectivity index (χ4v) is 5.30. The van der Waals surface area contributed by atoms with Crippen LogP contribution in [-0.2, 0) is 24.9 Å². The number of azo groups is 1. The zero-order valence-electron chi connectivity index (χ0n) is 18.4. The van der Waals surface area contributed by atoms with Crippen molar-refractivity contribution in [2.45, 2.75) is 47.2 Å². The highest BCUT2D eigenvalue weighted by molar-refractivity contribution is 8.01. The van der Waals surface area contributed by atoms with Crippen molar-refractivity contribution in [1.82, 2.24) is 20.0 Å². The van der Waals surface area contributed by atoms with E-state index >= 15 is 0 Å². The van der Waals surface area contributed by atoms with Gasteiger partial charge in [0.1, 0.15) is 0 Å². The minimum atomic E-state index is -4.59. The first-order valence-corrected chi connectivity index (χ1v) is 13.5. The summed E-state index contributed by atoms with van der Waals surface area (Å²) in [4.78, 5) is -0.274. The van der Waals surface area contributed by atoms with Crippen LogP contribution in [0, 0.1) is 0 Å². The molecule has 0 aliphatic carbocycles. The van der Waals surface area contributed by atoms with Gasteiger partial charge in [0.05, 0.1) is 28.3 Å². The molecule has 4 N–H and O–H groups in total. The van der Waals surface area contributed by atoms with Gasteiger partial charge in [0, 0.05) is 10.3 Å². The molecule has 2 heterocycles. The highest BCUT2D eigenvalue weighted by Gasteiger charge is 2.27. The van der Waals surface area contributed by atoms with Crippen molar-refractivity contribution in [3.8, 4) is 5.69 Å². The first kappa shape index (κ1) is 26.5. The molecule has 13 nitrogen and oxygen atoms in total. The molecule has 3 rings (SSSR count). The van der Waals surface area contributed by atoms with Crippen molar-refractivity contribution in [3.63, 3.8) is 0 Å². The van der Waals surface area contributed by atoms with Gasteiger partial charge >= 0.3 is 0 Å². The molecule has 0 fully saturated rings. The summed E-state index contributed by atoms with van der Waals surface area (Å²) in [5, 5.41) is 33.3. The Balaban J connectivity index is 2.12. The molecule has 0 unspecified atom stereocenters. The zero-order valence-corrected chi connectivity index (χ0v) is 21.6. The molecule has 0 aliphatic heterocycles. The van der Waals surface area contributed by atoms with Gasteiger partial charge in [0.25, 0.3) is 15.2 Å². The largest absolute Gasteiger partial charge is 0.382 e. The van der Waals surface area contributed by atoms with Crippen molar-refractivity contribution >= 4 is 61.9 Å².